The maximum atomic E-state index is 5.17. The third-order valence-corrected chi connectivity index (χ3v) is 3.28. The van der Waals surface area contributed by atoms with Crippen molar-refractivity contribution in [3.63, 3.8) is 0 Å². The second kappa shape index (κ2) is 0.627. The zero-order chi connectivity index (χ0) is 4.43. The molecule has 1 aromatic heterocycles. The molecule has 2 aliphatic rings. The first-order valence-corrected chi connectivity index (χ1v) is 3.63. The van der Waals surface area contributed by atoms with E-state index in [1.807, 2.05) is 4.50 Å². The fraction of sp³-hybridized carbons (Fsp3) is 1.00. The summed E-state index contributed by atoms with van der Waals surface area (Å²) in [7, 11) is -0.174. The highest BCUT2D eigenvalue weighted by Crippen LogP contribution is 2.65. The predicted octanol–water partition coefficient (Wildman–Crippen LogP) is 0.979. The predicted molar refractivity (Wildman–Crippen MR) is 23.3 cm³/mol. The molecule has 2 aliphatic heterocycles. The lowest BCUT2D eigenvalue weighted by atomic mass is 10.5. The van der Waals surface area contributed by atoms with Gasteiger partial charge in [0.1, 0.15) is 6.10 Å². The Morgan fingerprint density at radius 2 is 2.71 bits per heavy atom. The van der Waals surface area contributed by atoms with Crippen LogP contribution in [-0.2, 0) is 11.3 Å². The second-order valence-electron chi connectivity index (χ2n) is 1.98. The van der Waals surface area contributed by atoms with Gasteiger partial charge in [0.25, 0.3) is 0 Å². The second-order valence-corrected chi connectivity index (χ2v) is 3.71. The van der Waals surface area contributed by atoms with E-state index in [0.29, 0.717) is 11.9 Å². The molecule has 0 N–H and O–H groups in total. The van der Waals surface area contributed by atoms with E-state index in [9.17, 15) is 0 Å². The first-order chi connectivity index (χ1) is 3.45. The fourth-order valence-electron chi connectivity index (χ4n) is 0.983. The standard InChI is InChI=1S/C3H4NO2P/c1-2-3(5-2)7-4(1)6-7/h2-3H,1H2. The molecular weight excluding hydrogens is 113 g/mol. The fourth-order valence-corrected chi connectivity index (χ4v) is 2.64. The lowest BCUT2D eigenvalue weighted by Crippen LogP contribution is -1.88. The van der Waals surface area contributed by atoms with Gasteiger partial charge in [-0.1, -0.05) is 0 Å². The average Bonchev–Trinajstić information content (AvgIpc) is 2.47. The van der Waals surface area contributed by atoms with Gasteiger partial charge in [-0.25, -0.2) is 0 Å². The maximum absolute atomic E-state index is 5.17. The van der Waals surface area contributed by atoms with Crippen LogP contribution in [0.5, 0.6) is 0 Å². The Balaban J connectivity index is 2.22. The summed E-state index contributed by atoms with van der Waals surface area (Å²) in [5, 5.41) is 0. The van der Waals surface area contributed by atoms with E-state index < -0.39 is 0 Å². The molecule has 1 fully saturated rings. The molecule has 3 rings (SSSR count). The molecule has 38 valence electrons. The molecule has 3 nitrogen and oxygen atoms in total. The molecule has 0 bridgehead atoms. The zero-order valence-electron chi connectivity index (χ0n) is 3.57. The highest BCUT2D eigenvalue weighted by atomic mass is 31.1. The Morgan fingerprint density at radius 1 is 1.71 bits per heavy atom. The molecule has 7 heavy (non-hydrogen) atoms. The summed E-state index contributed by atoms with van der Waals surface area (Å²) in [4.78, 5) is 0. The van der Waals surface area contributed by atoms with Crippen LogP contribution in [0.25, 0.3) is 0 Å². The van der Waals surface area contributed by atoms with Gasteiger partial charge in [-0.15, -0.1) is 0 Å². The van der Waals surface area contributed by atoms with Gasteiger partial charge in [0, 0.05) is 0 Å². The van der Waals surface area contributed by atoms with Crippen molar-refractivity contribution in [3.05, 3.63) is 0 Å². The van der Waals surface area contributed by atoms with E-state index in [1.54, 1.807) is 0 Å². The lowest BCUT2D eigenvalue weighted by Gasteiger charge is -1.75. The van der Waals surface area contributed by atoms with E-state index in [2.05, 4.69) is 0 Å². The maximum Gasteiger partial charge on any atom is 0.212 e. The van der Waals surface area contributed by atoms with Gasteiger partial charge < -0.3 is 9.04 Å². The molecule has 0 saturated carbocycles. The third kappa shape index (κ3) is 0.221. The van der Waals surface area contributed by atoms with Crippen LogP contribution in [-0.4, -0.2) is 10.6 Å². The minimum Gasteiger partial charge on any atom is -0.353 e. The van der Waals surface area contributed by atoms with Crippen LogP contribution in [0.15, 0.2) is 4.30 Å². The Labute approximate surface area is 41.0 Å². The SMILES string of the molecule is C1C2OC2p2on21. The summed E-state index contributed by atoms with van der Waals surface area (Å²) < 4.78 is 12.3. The molecule has 0 aromatic carbocycles. The minimum absolute atomic E-state index is 0.174. The minimum atomic E-state index is -0.174. The van der Waals surface area contributed by atoms with Gasteiger partial charge in [-0.2, -0.15) is 4.50 Å². The molecule has 4 heteroatoms. The van der Waals surface area contributed by atoms with Crippen molar-refractivity contribution in [1.82, 2.24) is 4.50 Å². The van der Waals surface area contributed by atoms with Crippen LogP contribution in [0.1, 0.15) is 5.85 Å². The topological polar surface area (TPSA) is 30.6 Å². The Kier molecular flexibility index (Phi) is 0.269. The first-order valence-electron chi connectivity index (χ1n) is 2.35. The molecule has 1 aromatic rings. The highest BCUT2D eigenvalue weighted by molar-refractivity contribution is 7.43. The summed E-state index contributed by atoms with van der Waals surface area (Å²) >= 11 is 0. The summed E-state index contributed by atoms with van der Waals surface area (Å²) in [5.41, 5.74) is 0. The van der Waals surface area contributed by atoms with E-state index in [0.717, 1.165) is 6.54 Å². The van der Waals surface area contributed by atoms with Crippen molar-refractivity contribution in [2.75, 3.05) is 0 Å². The van der Waals surface area contributed by atoms with Crippen LogP contribution >= 0.6 is 7.93 Å². The molecule has 3 unspecified atom stereocenters. The number of nitrogens with zero attached hydrogens (tertiary/aromatic N) is 1. The van der Waals surface area contributed by atoms with Crippen LogP contribution in [0.4, 0.5) is 0 Å². The Hall–Kier alpha value is -0.140. The van der Waals surface area contributed by atoms with Crippen molar-refractivity contribution in [1.29, 1.82) is 0 Å². The van der Waals surface area contributed by atoms with Crippen LogP contribution in [0.3, 0.4) is 0 Å². The monoisotopic (exact) mass is 117 g/mol. The Morgan fingerprint density at radius 3 is 3.14 bits per heavy atom. The van der Waals surface area contributed by atoms with Crippen molar-refractivity contribution < 1.29 is 9.04 Å². The smallest absolute Gasteiger partial charge is 0.212 e. The number of rotatable bonds is 0. The Bertz CT molecular complexity index is 198. The van der Waals surface area contributed by atoms with Gasteiger partial charge in [0.05, 0.1) is 6.54 Å². The number of ether oxygens (including phenoxy) is 1. The molecule has 3 heterocycles. The van der Waals surface area contributed by atoms with E-state index in [4.69, 9.17) is 9.04 Å². The quantitative estimate of drug-likeness (QED) is 0.474. The summed E-state index contributed by atoms with van der Waals surface area (Å²) in [6, 6.07) is 0. The summed E-state index contributed by atoms with van der Waals surface area (Å²) in [6.07, 6.45) is 0.569. The van der Waals surface area contributed by atoms with E-state index >= 15 is 0 Å². The van der Waals surface area contributed by atoms with Crippen molar-refractivity contribution in [2.45, 2.75) is 18.5 Å². The molecule has 0 amide bonds. The zero-order valence-corrected chi connectivity index (χ0v) is 4.47. The third-order valence-electron chi connectivity index (χ3n) is 1.48. The first kappa shape index (κ1) is 3.00. The van der Waals surface area contributed by atoms with Crippen molar-refractivity contribution in [2.24, 2.45) is 0 Å². The average molecular weight is 117 g/mol. The van der Waals surface area contributed by atoms with Crippen LogP contribution in [0.2, 0.25) is 0 Å². The van der Waals surface area contributed by atoms with Crippen molar-refractivity contribution in [3.8, 4) is 0 Å². The molecule has 0 spiro atoms. The van der Waals surface area contributed by atoms with Gasteiger partial charge in [-0.3, -0.25) is 0 Å². The van der Waals surface area contributed by atoms with Gasteiger partial charge in [-0.05, 0) is 0 Å². The normalized spacial score (nSPS) is 46.6. The van der Waals surface area contributed by atoms with Crippen molar-refractivity contribution >= 4 is 7.93 Å². The summed E-state index contributed by atoms with van der Waals surface area (Å²) in [6.45, 7) is 1.04. The van der Waals surface area contributed by atoms with Gasteiger partial charge >= 0.3 is 0 Å². The molecule has 1 saturated heterocycles. The van der Waals surface area contributed by atoms with E-state index in [-0.39, 0.29) is 7.93 Å². The van der Waals surface area contributed by atoms with Crippen LogP contribution < -0.4 is 0 Å². The van der Waals surface area contributed by atoms with Gasteiger partial charge in [0.15, 0.2) is 5.85 Å². The summed E-state index contributed by atoms with van der Waals surface area (Å²) in [5.74, 6) is 0.523. The number of hydrogen-bond donors (Lipinski definition) is 0. The number of hydrogen-bond acceptors (Lipinski definition) is 2. The van der Waals surface area contributed by atoms with Crippen LogP contribution in [0, 0.1) is 0 Å². The highest BCUT2D eigenvalue weighted by Gasteiger charge is 2.55. The number of epoxide rings is 1. The molecular formula is C3H4NO2P. The molecule has 3 atom stereocenters. The van der Waals surface area contributed by atoms with E-state index in [1.165, 1.54) is 0 Å². The largest absolute Gasteiger partial charge is 0.353 e. The molecule has 0 radical (unpaired) electrons. The lowest BCUT2D eigenvalue weighted by molar-refractivity contribution is 0.340. The number of aromatic nitrogens is 1. The molecule has 0 aliphatic carbocycles. The van der Waals surface area contributed by atoms with Gasteiger partial charge in [0.2, 0.25) is 7.93 Å². The number of fused-ring (bicyclic) bond motifs is 3.